The summed E-state index contributed by atoms with van der Waals surface area (Å²) in [6.45, 7) is 0. The number of amides is 2. The maximum atomic E-state index is 13.2. The van der Waals surface area contributed by atoms with Crippen molar-refractivity contribution in [2.45, 2.75) is 12.5 Å². The SMILES string of the molecule is NC(=O)[C@@H](Cc1ccccc1Br)NC(=O)c1ccc(F)c(F)c1. The van der Waals surface area contributed by atoms with Crippen molar-refractivity contribution in [1.29, 1.82) is 0 Å². The molecule has 0 bridgehead atoms. The molecule has 0 aromatic heterocycles. The van der Waals surface area contributed by atoms with Gasteiger partial charge < -0.3 is 11.1 Å². The predicted molar refractivity (Wildman–Crippen MR) is 84.7 cm³/mol. The lowest BCUT2D eigenvalue weighted by molar-refractivity contribution is -0.119. The molecule has 0 aliphatic carbocycles. The van der Waals surface area contributed by atoms with Gasteiger partial charge in [0.15, 0.2) is 11.6 Å². The fraction of sp³-hybridized carbons (Fsp3) is 0.125. The van der Waals surface area contributed by atoms with Gasteiger partial charge in [-0.05, 0) is 29.8 Å². The molecule has 2 aromatic rings. The van der Waals surface area contributed by atoms with E-state index >= 15 is 0 Å². The molecule has 0 radical (unpaired) electrons. The number of benzene rings is 2. The molecule has 120 valence electrons. The van der Waals surface area contributed by atoms with Gasteiger partial charge in [-0.1, -0.05) is 34.1 Å². The molecule has 2 rings (SSSR count). The molecule has 0 saturated heterocycles. The van der Waals surface area contributed by atoms with Gasteiger partial charge in [0, 0.05) is 16.5 Å². The highest BCUT2D eigenvalue weighted by molar-refractivity contribution is 9.10. The van der Waals surface area contributed by atoms with Crippen LogP contribution in [0.2, 0.25) is 0 Å². The quantitative estimate of drug-likeness (QED) is 0.833. The molecule has 2 aromatic carbocycles. The van der Waals surface area contributed by atoms with Gasteiger partial charge in [-0.25, -0.2) is 8.78 Å². The first kappa shape index (κ1) is 17.1. The fourth-order valence-electron chi connectivity index (χ4n) is 1.99. The number of carbonyl (C=O) groups excluding carboxylic acids is 2. The Morgan fingerprint density at radius 2 is 1.83 bits per heavy atom. The summed E-state index contributed by atoms with van der Waals surface area (Å²) in [5, 5.41) is 2.43. The highest BCUT2D eigenvalue weighted by Gasteiger charge is 2.21. The Hall–Kier alpha value is -2.28. The highest BCUT2D eigenvalue weighted by atomic mass is 79.9. The van der Waals surface area contributed by atoms with Gasteiger partial charge in [-0.15, -0.1) is 0 Å². The molecular weight excluding hydrogens is 370 g/mol. The second kappa shape index (κ2) is 7.32. The molecule has 0 spiro atoms. The summed E-state index contributed by atoms with van der Waals surface area (Å²) < 4.78 is 26.9. The molecule has 0 fully saturated rings. The van der Waals surface area contributed by atoms with Gasteiger partial charge in [0.05, 0.1) is 0 Å². The third-order valence-corrected chi connectivity index (χ3v) is 3.99. The Balaban J connectivity index is 2.16. The van der Waals surface area contributed by atoms with Crippen LogP contribution in [-0.4, -0.2) is 17.9 Å². The Morgan fingerprint density at radius 1 is 1.13 bits per heavy atom. The lowest BCUT2D eigenvalue weighted by atomic mass is 10.0. The largest absolute Gasteiger partial charge is 0.368 e. The first-order valence-electron chi connectivity index (χ1n) is 6.67. The van der Waals surface area contributed by atoms with Crippen molar-refractivity contribution >= 4 is 27.7 Å². The molecule has 1 atom stereocenters. The fourth-order valence-corrected chi connectivity index (χ4v) is 2.43. The van der Waals surface area contributed by atoms with Gasteiger partial charge in [-0.2, -0.15) is 0 Å². The molecule has 23 heavy (non-hydrogen) atoms. The van der Waals surface area contributed by atoms with Crippen LogP contribution in [0.4, 0.5) is 8.78 Å². The maximum Gasteiger partial charge on any atom is 0.252 e. The third kappa shape index (κ3) is 4.35. The summed E-state index contributed by atoms with van der Waals surface area (Å²) in [6.07, 6.45) is 0.173. The zero-order chi connectivity index (χ0) is 17.0. The van der Waals surface area contributed by atoms with E-state index < -0.39 is 29.5 Å². The van der Waals surface area contributed by atoms with Gasteiger partial charge in [0.25, 0.3) is 5.91 Å². The van der Waals surface area contributed by atoms with Gasteiger partial charge in [-0.3, -0.25) is 9.59 Å². The number of carbonyl (C=O) groups is 2. The minimum atomic E-state index is -1.14. The molecule has 0 aliphatic heterocycles. The summed E-state index contributed by atoms with van der Waals surface area (Å²) >= 11 is 3.35. The number of hydrogen-bond donors (Lipinski definition) is 2. The average molecular weight is 383 g/mol. The summed E-state index contributed by atoms with van der Waals surface area (Å²) in [5.74, 6) is -3.63. The van der Waals surface area contributed by atoms with E-state index in [4.69, 9.17) is 5.73 Å². The number of primary amides is 1. The Labute approximate surface area is 139 Å². The molecule has 0 aliphatic rings. The van der Waals surface area contributed by atoms with Crippen LogP contribution in [0.25, 0.3) is 0 Å². The minimum Gasteiger partial charge on any atom is -0.368 e. The van der Waals surface area contributed by atoms with Crippen molar-refractivity contribution < 1.29 is 18.4 Å². The van der Waals surface area contributed by atoms with Gasteiger partial charge >= 0.3 is 0 Å². The summed E-state index contributed by atoms with van der Waals surface area (Å²) in [5.41, 5.74) is 6.00. The van der Waals surface area contributed by atoms with E-state index in [2.05, 4.69) is 21.2 Å². The van der Waals surface area contributed by atoms with E-state index in [-0.39, 0.29) is 12.0 Å². The molecule has 2 amide bonds. The normalized spacial score (nSPS) is 11.8. The van der Waals surface area contributed by atoms with Crippen LogP contribution in [0.5, 0.6) is 0 Å². The first-order valence-corrected chi connectivity index (χ1v) is 7.46. The smallest absolute Gasteiger partial charge is 0.252 e. The lowest BCUT2D eigenvalue weighted by Crippen LogP contribution is -2.45. The zero-order valence-corrected chi connectivity index (χ0v) is 13.4. The number of hydrogen-bond acceptors (Lipinski definition) is 2. The molecule has 3 N–H and O–H groups in total. The molecule has 0 heterocycles. The van der Waals surface area contributed by atoms with Crippen molar-refractivity contribution in [1.82, 2.24) is 5.32 Å². The maximum absolute atomic E-state index is 13.2. The lowest BCUT2D eigenvalue weighted by Gasteiger charge is -2.16. The number of halogens is 3. The van der Waals surface area contributed by atoms with Gasteiger partial charge in [0.2, 0.25) is 5.91 Å². The van der Waals surface area contributed by atoms with E-state index in [0.717, 1.165) is 28.2 Å². The van der Waals surface area contributed by atoms with Crippen molar-refractivity contribution in [3.05, 3.63) is 69.7 Å². The molecule has 0 saturated carbocycles. The van der Waals surface area contributed by atoms with E-state index in [1.165, 1.54) is 0 Å². The van der Waals surface area contributed by atoms with E-state index in [0.29, 0.717) is 0 Å². The highest BCUT2D eigenvalue weighted by Crippen LogP contribution is 2.18. The van der Waals surface area contributed by atoms with Crippen molar-refractivity contribution in [3.8, 4) is 0 Å². The number of rotatable bonds is 5. The zero-order valence-electron chi connectivity index (χ0n) is 11.9. The average Bonchev–Trinajstić information content (AvgIpc) is 2.51. The van der Waals surface area contributed by atoms with E-state index in [9.17, 15) is 18.4 Å². The number of nitrogens with two attached hydrogens (primary N) is 1. The van der Waals surface area contributed by atoms with Crippen LogP contribution in [0.3, 0.4) is 0 Å². The monoisotopic (exact) mass is 382 g/mol. The Morgan fingerprint density at radius 3 is 2.43 bits per heavy atom. The van der Waals surface area contributed by atoms with Crippen LogP contribution in [-0.2, 0) is 11.2 Å². The molecule has 4 nitrogen and oxygen atoms in total. The standard InChI is InChI=1S/C16H13BrF2N2O2/c17-11-4-2-1-3-9(11)8-14(15(20)22)21-16(23)10-5-6-12(18)13(19)7-10/h1-7,14H,8H2,(H2,20,22)(H,21,23)/t14-/m1/s1. The third-order valence-electron chi connectivity index (χ3n) is 3.21. The molecular formula is C16H13BrF2N2O2. The van der Waals surface area contributed by atoms with Crippen molar-refractivity contribution in [2.75, 3.05) is 0 Å². The summed E-state index contributed by atoms with van der Waals surface area (Å²) in [4.78, 5) is 23.6. The number of nitrogens with one attached hydrogen (secondary N) is 1. The molecule has 0 unspecified atom stereocenters. The second-order valence-electron chi connectivity index (χ2n) is 4.85. The summed E-state index contributed by atoms with van der Waals surface area (Å²) in [6, 6.07) is 8.94. The van der Waals surface area contributed by atoms with Crippen molar-refractivity contribution in [3.63, 3.8) is 0 Å². The Bertz CT molecular complexity index is 753. The molecule has 7 heteroatoms. The summed E-state index contributed by atoms with van der Waals surface area (Å²) in [7, 11) is 0. The van der Waals surface area contributed by atoms with Crippen LogP contribution < -0.4 is 11.1 Å². The van der Waals surface area contributed by atoms with Crippen LogP contribution in [0.1, 0.15) is 15.9 Å². The predicted octanol–water partition coefficient (Wildman–Crippen LogP) is 2.55. The van der Waals surface area contributed by atoms with E-state index in [1.54, 1.807) is 18.2 Å². The second-order valence-corrected chi connectivity index (χ2v) is 5.71. The first-order chi connectivity index (χ1) is 10.9. The minimum absolute atomic E-state index is 0.0951. The van der Waals surface area contributed by atoms with Crippen LogP contribution in [0.15, 0.2) is 46.9 Å². The Kier molecular flexibility index (Phi) is 5.44. The van der Waals surface area contributed by atoms with Crippen LogP contribution >= 0.6 is 15.9 Å². The van der Waals surface area contributed by atoms with E-state index in [1.807, 2.05) is 6.07 Å². The van der Waals surface area contributed by atoms with Crippen molar-refractivity contribution in [2.24, 2.45) is 5.73 Å². The van der Waals surface area contributed by atoms with Crippen LogP contribution in [0, 0.1) is 11.6 Å². The van der Waals surface area contributed by atoms with Gasteiger partial charge in [0.1, 0.15) is 6.04 Å². The topological polar surface area (TPSA) is 72.2 Å².